The maximum absolute atomic E-state index is 12.4. The van der Waals surface area contributed by atoms with Crippen LogP contribution in [0.2, 0.25) is 0 Å². The highest BCUT2D eigenvalue weighted by Gasteiger charge is 2.25. The molecule has 4 rings (SSSR count). The number of hydrogen-bond acceptors (Lipinski definition) is 4. The highest BCUT2D eigenvalue weighted by atomic mass is 32.1. The monoisotopic (exact) mass is 399 g/mol. The van der Waals surface area contributed by atoms with Gasteiger partial charge in [-0.25, -0.2) is 4.98 Å². The Bertz CT molecular complexity index is 1170. The van der Waals surface area contributed by atoms with E-state index in [1.54, 1.807) is 6.20 Å². The highest BCUT2D eigenvalue weighted by molar-refractivity contribution is 7.10. The van der Waals surface area contributed by atoms with Crippen molar-refractivity contribution < 1.29 is 4.79 Å². The van der Waals surface area contributed by atoms with Gasteiger partial charge in [-0.2, -0.15) is 0 Å². The average molecular weight is 400 g/mol. The van der Waals surface area contributed by atoms with Gasteiger partial charge >= 0.3 is 0 Å². The van der Waals surface area contributed by atoms with E-state index in [-0.39, 0.29) is 0 Å². The predicted octanol–water partition coefficient (Wildman–Crippen LogP) is 5.11. The van der Waals surface area contributed by atoms with Crippen molar-refractivity contribution in [2.75, 3.05) is 0 Å². The topological polar surface area (TPSA) is 68.9 Å². The summed E-state index contributed by atoms with van der Waals surface area (Å²) in [7, 11) is 0. The van der Waals surface area contributed by atoms with Crippen molar-refractivity contribution in [1.82, 2.24) is 9.97 Å². The molecule has 0 saturated carbocycles. The van der Waals surface area contributed by atoms with Gasteiger partial charge in [0, 0.05) is 22.8 Å². The summed E-state index contributed by atoms with van der Waals surface area (Å²) < 4.78 is 0. The molecule has 0 spiro atoms. The molecule has 29 heavy (non-hydrogen) atoms. The fourth-order valence-corrected chi connectivity index (χ4v) is 4.43. The highest BCUT2D eigenvalue weighted by Crippen LogP contribution is 2.34. The molecular formula is C24H21N3OS. The second-order valence-corrected chi connectivity index (χ2v) is 7.92. The van der Waals surface area contributed by atoms with E-state index in [4.69, 9.17) is 10.7 Å². The molecule has 4 aromatic rings. The quantitative estimate of drug-likeness (QED) is 0.507. The maximum atomic E-state index is 12.4. The summed E-state index contributed by atoms with van der Waals surface area (Å²) in [6.45, 7) is 3.98. The van der Waals surface area contributed by atoms with Crippen molar-refractivity contribution in [1.29, 1.82) is 0 Å². The SMILES string of the molecule is Cc1cc(-c2ccc(C(C(N)=O)c3nc(-c4ccccc4)cs3)c(C)c2)ccn1. The lowest BCUT2D eigenvalue weighted by Crippen LogP contribution is -2.23. The molecule has 2 aromatic heterocycles. The molecule has 144 valence electrons. The van der Waals surface area contributed by atoms with E-state index in [0.29, 0.717) is 5.01 Å². The summed E-state index contributed by atoms with van der Waals surface area (Å²) in [5.41, 5.74) is 12.7. The van der Waals surface area contributed by atoms with Crippen LogP contribution in [0.4, 0.5) is 0 Å². The Morgan fingerprint density at radius 2 is 1.72 bits per heavy atom. The van der Waals surface area contributed by atoms with Gasteiger partial charge in [0.1, 0.15) is 10.9 Å². The van der Waals surface area contributed by atoms with Crippen LogP contribution in [-0.4, -0.2) is 15.9 Å². The van der Waals surface area contributed by atoms with E-state index in [1.807, 2.05) is 73.8 Å². The Kier molecular flexibility index (Phi) is 5.23. The number of carbonyl (C=O) groups is 1. The van der Waals surface area contributed by atoms with Crippen LogP contribution in [0.5, 0.6) is 0 Å². The number of nitrogens with zero attached hydrogens (tertiary/aromatic N) is 2. The molecule has 0 aliphatic carbocycles. The number of primary amides is 1. The Morgan fingerprint density at radius 3 is 2.41 bits per heavy atom. The number of hydrogen-bond donors (Lipinski definition) is 1. The van der Waals surface area contributed by atoms with Crippen LogP contribution in [0.1, 0.15) is 27.7 Å². The van der Waals surface area contributed by atoms with Gasteiger partial charge in [-0.3, -0.25) is 9.78 Å². The fourth-order valence-electron chi connectivity index (χ4n) is 3.47. The number of benzene rings is 2. The number of rotatable bonds is 5. The molecule has 0 aliphatic rings. The number of aromatic nitrogens is 2. The van der Waals surface area contributed by atoms with Gasteiger partial charge in [-0.15, -0.1) is 11.3 Å². The van der Waals surface area contributed by atoms with E-state index in [9.17, 15) is 4.79 Å². The number of thiazole rings is 1. The summed E-state index contributed by atoms with van der Waals surface area (Å²) in [6, 6.07) is 20.1. The van der Waals surface area contributed by atoms with Gasteiger partial charge in [-0.1, -0.05) is 48.5 Å². The van der Waals surface area contributed by atoms with Gasteiger partial charge in [-0.05, 0) is 48.2 Å². The standard InChI is InChI=1S/C24H21N3OS/c1-15-12-18(19-10-11-26-16(2)13-19)8-9-20(15)22(23(25)28)24-27-21(14-29-24)17-6-4-3-5-7-17/h3-14,22H,1-2H3,(H2,25,28). The van der Waals surface area contributed by atoms with Crippen LogP contribution >= 0.6 is 11.3 Å². The minimum absolute atomic E-state index is 0.394. The lowest BCUT2D eigenvalue weighted by atomic mass is 9.91. The normalized spacial score (nSPS) is 11.9. The van der Waals surface area contributed by atoms with Gasteiger partial charge in [0.15, 0.2) is 0 Å². The Morgan fingerprint density at radius 1 is 0.966 bits per heavy atom. The average Bonchev–Trinajstić information content (AvgIpc) is 3.19. The number of carbonyl (C=O) groups excluding carboxylic acids is 1. The van der Waals surface area contributed by atoms with Gasteiger partial charge in [0.05, 0.1) is 5.69 Å². The molecule has 4 nitrogen and oxygen atoms in total. The van der Waals surface area contributed by atoms with E-state index < -0.39 is 11.8 Å². The molecule has 0 saturated heterocycles. The Hall–Kier alpha value is -3.31. The van der Waals surface area contributed by atoms with Crippen LogP contribution in [0.3, 0.4) is 0 Å². The lowest BCUT2D eigenvalue weighted by molar-refractivity contribution is -0.118. The van der Waals surface area contributed by atoms with E-state index in [0.717, 1.165) is 39.2 Å². The van der Waals surface area contributed by atoms with E-state index in [2.05, 4.69) is 11.1 Å². The predicted molar refractivity (Wildman–Crippen MR) is 118 cm³/mol. The van der Waals surface area contributed by atoms with Gasteiger partial charge < -0.3 is 5.73 Å². The molecule has 1 atom stereocenters. The summed E-state index contributed by atoms with van der Waals surface area (Å²) in [6.07, 6.45) is 1.81. The molecule has 0 radical (unpaired) electrons. The molecule has 2 heterocycles. The summed E-state index contributed by atoms with van der Waals surface area (Å²) in [4.78, 5) is 21.4. The van der Waals surface area contributed by atoms with Crippen LogP contribution < -0.4 is 5.73 Å². The van der Waals surface area contributed by atoms with Gasteiger partial charge in [0.25, 0.3) is 0 Å². The number of aryl methyl sites for hydroxylation is 2. The van der Waals surface area contributed by atoms with Crippen LogP contribution in [0.25, 0.3) is 22.4 Å². The van der Waals surface area contributed by atoms with E-state index in [1.165, 1.54) is 11.3 Å². The lowest BCUT2D eigenvalue weighted by Gasteiger charge is -2.15. The molecule has 0 aliphatic heterocycles. The molecule has 0 fully saturated rings. The van der Waals surface area contributed by atoms with Crippen molar-refractivity contribution in [2.24, 2.45) is 5.73 Å². The minimum atomic E-state index is -0.564. The maximum Gasteiger partial charge on any atom is 0.231 e. The molecule has 1 amide bonds. The third-order valence-electron chi connectivity index (χ3n) is 4.93. The fraction of sp³-hybridized carbons (Fsp3) is 0.125. The van der Waals surface area contributed by atoms with Crippen molar-refractivity contribution in [3.05, 3.63) is 94.1 Å². The Balaban J connectivity index is 1.71. The second kappa shape index (κ2) is 7.97. The number of amides is 1. The molecule has 5 heteroatoms. The second-order valence-electron chi connectivity index (χ2n) is 7.03. The Labute approximate surface area is 174 Å². The first kappa shape index (κ1) is 19.0. The first-order chi connectivity index (χ1) is 14.0. The third-order valence-corrected chi connectivity index (χ3v) is 5.84. The molecular weight excluding hydrogens is 378 g/mol. The molecule has 1 unspecified atom stereocenters. The summed E-state index contributed by atoms with van der Waals surface area (Å²) >= 11 is 1.47. The van der Waals surface area contributed by atoms with Crippen LogP contribution in [0.15, 0.2) is 72.2 Å². The van der Waals surface area contributed by atoms with E-state index >= 15 is 0 Å². The number of pyridine rings is 1. The van der Waals surface area contributed by atoms with Crippen molar-refractivity contribution in [3.63, 3.8) is 0 Å². The molecule has 0 bridgehead atoms. The minimum Gasteiger partial charge on any atom is -0.369 e. The van der Waals surface area contributed by atoms with Crippen molar-refractivity contribution in [3.8, 4) is 22.4 Å². The van der Waals surface area contributed by atoms with Crippen LogP contribution in [0, 0.1) is 13.8 Å². The zero-order chi connectivity index (χ0) is 20.4. The first-order valence-corrected chi connectivity index (χ1v) is 10.2. The zero-order valence-electron chi connectivity index (χ0n) is 16.3. The smallest absolute Gasteiger partial charge is 0.231 e. The first-order valence-electron chi connectivity index (χ1n) is 9.36. The third kappa shape index (κ3) is 3.96. The van der Waals surface area contributed by atoms with Crippen molar-refractivity contribution >= 4 is 17.2 Å². The summed E-state index contributed by atoms with van der Waals surface area (Å²) in [5, 5.41) is 2.69. The zero-order valence-corrected chi connectivity index (χ0v) is 17.1. The van der Waals surface area contributed by atoms with Crippen LogP contribution in [-0.2, 0) is 4.79 Å². The van der Waals surface area contributed by atoms with Gasteiger partial charge in [0.2, 0.25) is 5.91 Å². The molecule has 2 aromatic carbocycles. The molecule has 2 N–H and O–H groups in total. The van der Waals surface area contributed by atoms with Crippen molar-refractivity contribution in [2.45, 2.75) is 19.8 Å². The number of nitrogens with two attached hydrogens (primary N) is 1. The largest absolute Gasteiger partial charge is 0.369 e. The summed E-state index contributed by atoms with van der Waals surface area (Å²) in [5.74, 6) is -0.958.